The van der Waals surface area contributed by atoms with Crippen LogP contribution in [0.4, 0.5) is 0 Å². The van der Waals surface area contributed by atoms with Gasteiger partial charge in [-0.2, -0.15) is 0 Å². The Kier molecular flexibility index (Phi) is 6.05. The van der Waals surface area contributed by atoms with Gasteiger partial charge in [-0.25, -0.2) is 4.98 Å². The van der Waals surface area contributed by atoms with Crippen LogP contribution in [-0.4, -0.2) is 57.9 Å². The average molecular weight is 443 g/mol. The highest BCUT2D eigenvalue weighted by Crippen LogP contribution is 2.35. The SMILES string of the molecule is COC1CCCC(C(=O)N2CCCCC2c2nc3c(c(=O)[nH]2)CCN(C(=O)C2CC2)C3)C1. The molecule has 3 heterocycles. The molecule has 1 saturated heterocycles. The maximum absolute atomic E-state index is 13.5. The van der Waals surface area contributed by atoms with Gasteiger partial charge in [0.05, 0.1) is 24.4 Å². The molecule has 2 aliphatic heterocycles. The second-order valence-corrected chi connectivity index (χ2v) is 9.92. The van der Waals surface area contributed by atoms with Crippen molar-refractivity contribution in [3.05, 3.63) is 27.4 Å². The number of carbonyl (C=O) groups is 2. The highest BCUT2D eigenvalue weighted by Gasteiger charge is 2.38. The maximum atomic E-state index is 13.5. The summed E-state index contributed by atoms with van der Waals surface area (Å²) in [5, 5.41) is 0. The third kappa shape index (κ3) is 4.21. The second-order valence-electron chi connectivity index (χ2n) is 9.92. The summed E-state index contributed by atoms with van der Waals surface area (Å²) in [5.41, 5.74) is 1.29. The van der Waals surface area contributed by atoms with Gasteiger partial charge in [0.2, 0.25) is 11.8 Å². The molecule has 5 rings (SSSR count). The van der Waals surface area contributed by atoms with Crippen LogP contribution in [0.3, 0.4) is 0 Å². The van der Waals surface area contributed by atoms with Crippen LogP contribution >= 0.6 is 0 Å². The van der Waals surface area contributed by atoms with E-state index in [0.717, 1.165) is 57.8 Å². The number of hydrogen-bond acceptors (Lipinski definition) is 5. The van der Waals surface area contributed by atoms with Crippen LogP contribution in [0.5, 0.6) is 0 Å². The molecule has 8 heteroatoms. The Hall–Kier alpha value is -2.22. The number of carbonyl (C=O) groups excluding carboxylic acids is 2. The molecule has 0 bridgehead atoms. The van der Waals surface area contributed by atoms with Gasteiger partial charge >= 0.3 is 0 Å². The molecule has 1 aromatic heterocycles. The number of nitrogens with one attached hydrogen (secondary N) is 1. The fourth-order valence-electron chi connectivity index (χ4n) is 5.69. The van der Waals surface area contributed by atoms with Crippen LogP contribution in [0, 0.1) is 11.8 Å². The van der Waals surface area contributed by atoms with E-state index >= 15 is 0 Å². The molecule has 4 aliphatic rings. The molecule has 32 heavy (non-hydrogen) atoms. The van der Waals surface area contributed by atoms with Crippen LogP contribution in [0.2, 0.25) is 0 Å². The van der Waals surface area contributed by atoms with Gasteiger partial charge in [0.15, 0.2) is 0 Å². The molecule has 3 atom stereocenters. The number of aromatic amines is 1. The fourth-order valence-corrected chi connectivity index (χ4v) is 5.69. The van der Waals surface area contributed by atoms with Crippen LogP contribution in [0.25, 0.3) is 0 Å². The van der Waals surface area contributed by atoms with E-state index in [0.29, 0.717) is 43.1 Å². The van der Waals surface area contributed by atoms with Gasteiger partial charge in [-0.15, -0.1) is 0 Å². The quantitative estimate of drug-likeness (QED) is 0.772. The Balaban J connectivity index is 1.38. The van der Waals surface area contributed by atoms with Crippen molar-refractivity contribution in [3.8, 4) is 0 Å². The topological polar surface area (TPSA) is 95.6 Å². The second kappa shape index (κ2) is 8.96. The van der Waals surface area contributed by atoms with Crippen LogP contribution in [0.1, 0.15) is 80.9 Å². The minimum atomic E-state index is -0.202. The first-order chi connectivity index (χ1) is 15.5. The lowest BCUT2D eigenvalue weighted by molar-refractivity contribution is -0.142. The number of H-pyrrole nitrogens is 1. The summed E-state index contributed by atoms with van der Waals surface area (Å²) in [6.07, 6.45) is 9.11. The van der Waals surface area contributed by atoms with Gasteiger partial charge in [-0.3, -0.25) is 14.4 Å². The fraction of sp³-hybridized carbons (Fsp3) is 0.750. The number of methoxy groups -OCH3 is 1. The first-order valence-electron chi connectivity index (χ1n) is 12.3. The number of hydrogen-bond donors (Lipinski definition) is 1. The normalized spacial score (nSPS) is 28.3. The van der Waals surface area contributed by atoms with Gasteiger partial charge in [-0.1, -0.05) is 6.42 Å². The number of nitrogens with zero attached hydrogens (tertiary/aromatic N) is 3. The molecular formula is C24H34N4O4. The summed E-state index contributed by atoms with van der Waals surface area (Å²) in [5.74, 6) is 1.09. The predicted molar refractivity (Wildman–Crippen MR) is 118 cm³/mol. The molecule has 3 unspecified atom stereocenters. The first-order valence-corrected chi connectivity index (χ1v) is 12.3. The van der Waals surface area contributed by atoms with E-state index in [-0.39, 0.29) is 41.4 Å². The molecule has 0 aromatic carbocycles. The molecule has 0 radical (unpaired) electrons. The van der Waals surface area contributed by atoms with Gasteiger partial charge in [0, 0.05) is 37.6 Å². The van der Waals surface area contributed by atoms with E-state index in [1.807, 2.05) is 9.80 Å². The number of fused-ring (bicyclic) bond motifs is 1. The lowest BCUT2D eigenvalue weighted by atomic mass is 9.85. The highest BCUT2D eigenvalue weighted by atomic mass is 16.5. The number of likely N-dealkylation sites (tertiary alicyclic amines) is 1. The Morgan fingerprint density at radius 1 is 1.00 bits per heavy atom. The minimum Gasteiger partial charge on any atom is -0.381 e. The summed E-state index contributed by atoms with van der Waals surface area (Å²) in [4.78, 5) is 50.6. The lowest BCUT2D eigenvalue weighted by Gasteiger charge is -2.39. The first kappa shape index (κ1) is 21.6. The van der Waals surface area contributed by atoms with E-state index in [9.17, 15) is 14.4 Å². The van der Waals surface area contributed by atoms with E-state index in [2.05, 4.69) is 4.98 Å². The molecule has 174 valence electrons. The van der Waals surface area contributed by atoms with E-state index in [4.69, 9.17) is 9.72 Å². The van der Waals surface area contributed by atoms with Crippen LogP contribution in [-0.2, 0) is 27.3 Å². The highest BCUT2D eigenvalue weighted by molar-refractivity contribution is 5.81. The van der Waals surface area contributed by atoms with Crippen molar-refractivity contribution in [2.75, 3.05) is 20.2 Å². The monoisotopic (exact) mass is 442 g/mol. The Morgan fingerprint density at radius 3 is 2.62 bits per heavy atom. The molecule has 8 nitrogen and oxygen atoms in total. The Labute approximate surface area is 188 Å². The standard InChI is InChI=1S/C24H34N4O4/c1-32-17-6-4-5-16(13-17)24(31)28-11-3-2-7-20(28)21-25-19-14-27(23(30)15-8-9-15)12-10-18(19)22(29)26-21/h15-17,20H,2-14H2,1H3,(H,25,26,29). The Morgan fingerprint density at radius 2 is 1.84 bits per heavy atom. The predicted octanol–water partition coefficient (Wildman–Crippen LogP) is 2.32. The Bertz CT molecular complexity index is 940. The molecular weight excluding hydrogens is 408 g/mol. The number of rotatable bonds is 4. The van der Waals surface area contributed by atoms with Gasteiger partial charge in [0.25, 0.3) is 5.56 Å². The van der Waals surface area contributed by atoms with Gasteiger partial charge in [0.1, 0.15) is 5.82 Å². The lowest BCUT2D eigenvalue weighted by Crippen LogP contribution is -2.45. The van der Waals surface area contributed by atoms with Crippen molar-refractivity contribution < 1.29 is 14.3 Å². The number of piperidine rings is 1. The number of aromatic nitrogens is 2. The van der Waals surface area contributed by atoms with E-state index < -0.39 is 0 Å². The molecule has 1 N–H and O–H groups in total. The molecule has 0 spiro atoms. The maximum Gasteiger partial charge on any atom is 0.254 e. The third-order valence-electron chi connectivity index (χ3n) is 7.74. The zero-order valence-corrected chi connectivity index (χ0v) is 19.0. The summed E-state index contributed by atoms with van der Waals surface area (Å²) >= 11 is 0. The summed E-state index contributed by atoms with van der Waals surface area (Å²) < 4.78 is 5.54. The van der Waals surface area contributed by atoms with Crippen molar-refractivity contribution in [1.82, 2.24) is 19.8 Å². The minimum absolute atomic E-state index is 0.0229. The van der Waals surface area contributed by atoms with Crippen LogP contribution in [0.15, 0.2) is 4.79 Å². The summed E-state index contributed by atoms with van der Waals surface area (Å²) in [6, 6.07) is -0.202. The average Bonchev–Trinajstić information content (AvgIpc) is 3.68. The number of ether oxygens (including phenoxy) is 1. The van der Waals surface area contributed by atoms with Crippen molar-refractivity contribution in [2.45, 2.75) is 82.9 Å². The smallest absolute Gasteiger partial charge is 0.254 e. The van der Waals surface area contributed by atoms with Crippen molar-refractivity contribution >= 4 is 11.8 Å². The molecule has 2 saturated carbocycles. The van der Waals surface area contributed by atoms with E-state index in [1.54, 1.807) is 7.11 Å². The van der Waals surface area contributed by atoms with Gasteiger partial charge < -0.3 is 19.5 Å². The van der Waals surface area contributed by atoms with Crippen molar-refractivity contribution in [3.63, 3.8) is 0 Å². The third-order valence-corrected chi connectivity index (χ3v) is 7.74. The molecule has 2 amide bonds. The van der Waals surface area contributed by atoms with E-state index in [1.165, 1.54) is 0 Å². The summed E-state index contributed by atoms with van der Waals surface area (Å²) in [6.45, 7) is 1.69. The van der Waals surface area contributed by atoms with Gasteiger partial charge in [-0.05, 0) is 57.8 Å². The summed E-state index contributed by atoms with van der Waals surface area (Å²) in [7, 11) is 1.72. The molecule has 2 aliphatic carbocycles. The van der Waals surface area contributed by atoms with Crippen LogP contribution < -0.4 is 5.56 Å². The zero-order valence-electron chi connectivity index (χ0n) is 19.0. The van der Waals surface area contributed by atoms with Crippen molar-refractivity contribution in [2.24, 2.45) is 11.8 Å². The molecule has 3 fully saturated rings. The molecule has 1 aromatic rings. The zero-order chi connectivity index (χ0) is 22.2. The number of amides is 2. The largest absolute Gasteiger partial charge is 0.381 e. The van der Waals surface area contributed by atoms with Crippen molar-refractivity contribution in [1.29, 1.82) is 0 Å².